The Morgan fingerprint density at radius 3 is 2.75 bits per heavy atom. The van der Waals surface area contributed by atoms with Crippen molar-refractivity contribution in [2.45, 2.75) is 44.4 Å². The van der Waals surface area contributed by atoms with Gasteiger partial charge in [-0.05, 0) is 19.1 Å². The van der Waals surface area contributed by atoms with Crippen molar-refractivity contribution in [3.8, 4) is 5.75 Å². The van der Waals surface area contributed by atoms with Crippen LogP contribution in [0.3, 0.4) is 0 Å². The van der Waals surface area contributed by atoms with Crippen LogP contribution in [0.1, 0.15) is 38.4 Å². The first-order valence-electron chi connectivity index (χ1n) is 5.61. The normalized spacial score (nSPS) is 10.6. The molecule has 0 radical (unpaired) electrons. The standard InChI is InChI=1S/C12H18O3S/c1-3-4-5-6-7-16-11-10(13)8-9(2)15-12(11)14/h8,13H,3-7H2,1-2H3. The zero-order chi connectivity index (χ0) is 12.0. The van der Waals surface area contributed by atoms with Gasteiger partial charge in [0.1, 0.15) is 16.4 Å². The van der Waals surface area contributed by atoms with Crippen LogP contribution in [0.4, 0.5) is 0 Å². The average molecular weight is 242 g/mol. The van der Waals surface area contributed by atoms with E-state index in [2.05, 4.69) is 6.92 Å². The third kappa shape index (κ3) is 3.93. The zero-order valence-electron chi connectivity index (χ0n) is 9.78. The highest BCUT2D eigenvalue weighted by Gasteiger charge is 2.09. The second-order valence-electron chi connectivity index (χ2n) is 3.77. The lowest BCUT2D eigenvalue weighted by molar-refractivity contribution is 0.412. The van der Waals surface area contributed by atoms with Gasteiger partial charge >= 0.3 is 5.63 Å². The summed E-state index contributed by atoms with van der Waals surface area (Å²) in [5, 5.41) is 9.59. The van der Waals surface area contributed by atoms with Crippen LogP contribution in [-0.4, -0.2) is 10.9 Å². The maximum absolute atomic E-state index is 11.4. The first kappa shape index (κ1) is 13.2. The summed E-state index contributed by atoms with van der Waals surface area (Å²) in [6.45, 7) is 3.81. The fourth-order valence-corrected chi connectivity index (χ4v) is 2.34. The highest BCUT2D eigenvalue weighted by molar-refractivity contribution is 7.99. The molecule has 0 aliphatic rings. The molecule has 4 heteroatoms. The van der Waals surface area contributed by atoms with Gasteiger partial charge in [-0.25, -0.2) is 4.79 Å². The molecule has 0 bridgehead atoms. The van der Waals surface area contributed by atoms with E-state index in [1.165, 1.54) is 37.1 Å². The van der Waals surface area contributed by atoms with E-state index in [0.29, 0.717) is 10.7 Å². The number of aromatic hydroxyl groups is 1. The van der Waals surface area contributed by atoms with Gasteiger partial charge in [0.15, 0.2) is 0 Å². The SMILES string of the molecule is CCCCCCSc1c(O)cc(C)oc1=O. The molecule has 16 heavy (non-hydrogen) atoms. The van der Waals surface area contributed by atoms with Gasteiger partial charge in [-0.3, -0.25) is 0 Å². The Labute approximate surface area is 99.9 Å². The molecule has 0 aromatic carbocycles. The molecule has 1 heterocycles. The Hall–Kier alpha value is -0.900. The summed E-state index contributed by atoms with van der Waals surface area (Å²) in [6, 6.07) is 1.48. The number of aryl methyl sites for hydroxylation is 1. The van der Waals surface area contributed by atoms with E-state index in [4.69, 9.17) is 4.42 Å². The summed E-state index contributed by atoms with van der Waals surface area (Å²) in [4.78, 5) is 11.8. The van der Waals surface area contributed by atoms with Crippen LogP contribution in [-0.2, 0) is 0 Å². The Balaban J connectivity index is 2.51. The second kappa shape index (κ2) is 6.63. The Morgan fingerprint density at radius 1 is 1.38 bits per heavy atom. The molecule has 0 spiro atoms. The molecular formula is C12H18O3S. The van der Waals surface area contributed by atoms with Crippen molar-refractivity contribution < 1.29 is 9.52 Å². The monoisotopic (exact) mass is 242 g/mol. The molecule has 1 N–H and O–H groups in total. The number of rotatable bonds is 6. The Kier molecular flexibility index (Phi) is 5.46. The van der Waals surface area contributed by atoms with Gasteiger partial charge in [0.05, 0.1) is 0 Å². The van der Waals surface area contributed by atoms with E-state index in [1.54, 1.807) is 6.92 Å². The number of unbranched alkanes of at least 4 members (excludes halogenated alkanes) is 3. The molecule has 0 unspecified atom stereocenters. The van der Waals surface area contributed by atoms with Gasteiger partial charge in [0.2, 0.25) is 0 Å². The summed E-state index contributed by atoms with van der Waals surface area (Å²) in [7, 11) is 0. The van der Waals surface area contributed by atoms with E-state index in [1.807, 2.05) is 0 Å². The molecule has 0 saturated carbocycles. The van der Waals surface area contributed by atoms with Crippen LogP contribution in [0.15, 0.2) is 20.2 Å². The lowest BCUT2D eigenvalue weighted by Crippen LogP contribution is -2.03. The van der Waals surface area contributed by atoms with Crippen LogP contribution < -0.4 is 5.63 Å². The smallest absolute Gasteiger partial charge is 0.353 e. The van der Waals surface area contributed by atoms with Crippen LogP contribution in [0, 0.1) is 6.92 Å². The van der Waals surface area contributed by atoms with Gasteiger partial charge in [-0.2, -0.15) is 0 Å². The van der Waals surface area contributed by atoms with Gasteiger partial charge in [-0.1, -0.05) is 26.2 Å². The summed E-state index contributed by atoms with van der Waals surface area (Å²) in [5.41, 5.74) is -0.432. The lowest BCUT2D eigenvalue weighted by atomic mass is 10.2. The number of hydrogen-bond donors (Lipinski definition) is 1. The van der Waals surface area contributed by atoms with E-state index in [-0.39, 0.29) is 5.75 Å². The maximum Gasteiger partial charge on any atom is 0.353 e. The van der Waals surface area contributed by atoms with Gasteiger partial charge in [0, 0.05) is 6.07 Å². The summed E-state index contributed by atoms with van der Waals surface area (Å²) in [6.07, 6.45) is 4.64. The van der Waals surface area contributed by atoms with Crippen LogP contribution in [0.2, 0.25) is 0 Å². The quantitative estimate of drug-likeness (QED) is 0.614. The summed E-state index contributed by atoms with van der Waals surface area (Å²) < 4.78 is 4.93. The van der Waals surface area contributed by atoms with Crippen molar-refractivity contribution in [1.82, 2.24) is 0 Å². The summed E-state index contributed by atoms with van der Waals surface area (Å²) >= 11 is 1.38. The van der Waals surface area contributed by atoms with Crippen LogP contribution in [0.5, 0.6) is 5.75 Å². The third-order valence-corrected chi connectivity index (χ3v) is 3.41. The minimum atomic E-state index is -0.432. The van der Waals surface area contributed by atoms with Crippen molar-refractivity contribution in [3.63, 3.8) is 0 Å². The highest BCUT2D eigenvalue weighted by atomic mass is 32.2. The largest absolute Gasteiger partial charge is 0.506 e. The topological polar surface area (TPSA) is 50.4 Å². The molecule has 1 aromatic heterocycles. The average Bonchev–Trinajstić information content (AvgIpc) is 2.20. The van der Waals surface area contributed by atoms with E-state index in [9.17, 15) is 9.90 Å². The molecule has 0 amide bonds. The van der Waals surface area contributed by atoms with Crippen LogP contribution in [0.25, 0.3) is 0 Å². The number of thioether (sulfide) groups is 1. The molecule has 1 rings (SSSR count). The molecule has 0 aliphatic carbocycles. The highest BCUT2D eigenvalue weighted by Crippen LogP contribution is 2.26. The predicted octanol–water partition coefficient (Wildman–Crippen LogP) is 3.33. The molecule has 0 atom stereocenters. The zero-order valence-corrected chi connectivity index (χ0v) is 10.6. The fourth-order valence-electron chi connectivity index (χ4n) is 1.42. The first-order chi connectivity index (χ1) is 7.65. The number of hydrogen-bond acceptors (Lipinski definition) is 4. The fraction of sp³-hybridized carbons (Fsp3) is 0.583. The van der Waals surface area contributed by atoms with Crippen molar-refractivity contribution in [3.05, 3.63) is 22.2 Å². The maximum atomic E-state index is 11.4. The second-order valence-corrected chi connectivity index (χ2v) is 4.87. The van der Waals surface area contributed by atoms with E-state index >= 15 is 0 Å². The minimum absolute atomic E-state index is 0.0363. The summed E-state index contributed by atoms with van der Waals surface area (Å²) in [5.74, 6) is 1.33. The molecule has 0 fully saturated rings. The van der Waals surface area contributed by atoms with Crippen molar-refractivity contribution in [2.75, 3.05) is 5.75 Å². The molecule has 90 valence electrons. The van der Waals surface area contributed by atoms with Crippen molar-refractivity contribution in [1.29, 1.82) is 0 Å². The molecule has 0 aliphatic heterocycles. The molecule has 3 nitrogen and oxygen atoms in total. The minimum Gasteiger partial charge on any atom is -0.506 e. The predicted molar refractivity (Wildman–Crippen MR) is 66.2 cm³/mol. The van der Waals surface area contributed by atoms with Gasteiger partial charge < -0.3 is 9.52 Å². The van der Waals surface area contributed by atoms with E-state index in [0.717, 1.165) is 12.2 Å². The van der Waals surface area contributed by atoms with Crippen molar-refractivity contribution >= 4 is 11.8 Å². The molecular weight excluding hydrogens is 224 g/mol. The third-order valence-electron chi connectivity index (χ3n) is 2.26. The van der Waals surface area contributed by atoms with Crippen LogP contribution >= 0.6 is 11.8 Å². The van der Waals surface area contributed by atoms with E-state index < -0.39 is 5.63 Å². The Bertz CT molecular complexity index is 384. The lowest BCUT2D eigenvalue weighted by Gasteiger charge is -2.03. The van der Waals surface area contributed by atoms with Gasteiger partial charge in [0.25, 0.3) is 0 Å². The first-order valence-corrected chi connectivity index (χ1v) is 6.60. The van der Waals surface area contributed by atoms with Gasteiger partial charge in [-0.15, -0.1) is 11.8 Å². The Morgan fingerprint density at radius 2 is 2.12 bits per heavy atom. The molecule has 1 aromatic rings. The van der Waals surface area contributed by atoms with Crippen molar-refractivity contribution in [2.24, 2.45) is 0 Å². The molecule has 0 saturated heterocycles.